The SMILES string of the molecule is Cc1ccc(CNC(=O)C[C@@H](CN)CC(C)C)cn1. The summed E-state index contributed by atoms with van der Waals surface area (Å²) in [6.45, 7) is 7.35. The van der Waals surface area contributed by atoms with Gasteiger partial charge in [0.05, 0.1) is 0 Å². The summed E-state index contributed by atoms with van der Waals surface area (Å²) in [6.07, 6.45) is 3.30. The van der Waals surface area contributed by atoms with E-state index in [1.165, 1.54) is 0 Å². The van der Waals surface area contributed by atoms with E-state index >= 15 is 0 Å². The van der Waals surface area contributed by atoms with Gasteiger partial charge in [-0.25, -0.2) is 0 Å². The van der Waals surface area contributed by atoms with Gasteiger partial charge in [-0.1, -0.05) is 19.9 Å². The topological polar surface area (TPSA) is 68.0 Å². The number of aromatic nitrogens is 1. The minimum atomic E-state index is 0.0664. The highest BCUT2D eigenvalue weighted by molar-refractivity contribution is 5.76. The molecule has 0 aliphatic carbocycles. The van der Waals surface area contributed by atoms with Gasteiger partial charge in [0.25, 0.3) is 0 Å². The molecule has 1 aromatic heterocycles. The number of rotatable bonds is 7. The van der Waals surface area contributed by atoms with Crippen LogP contribution in [0.3, 0.4) is 0 Å². The maximum Gasteiger partial charge on any atom is 0.220 e. The van der Waals surface area contributed by atoms with Crippen LogP contribution in [0.4, 0.5) is 0 Å². The number of carbonyl (C=O) groups excluding carboxylic acids is 1. The van der Waals surface area contributed by atoms with E-state index in [0.29, 0.717) is 25.4 Å². The van der Waals surface area contributed by atoms with E-state index in [1.54, 1.807) is 6.20 Å². The molecular formula is C15H25N3O. The van der Waals surface area contributed by atoms with Crippen LogP contribution in [0.5, 0.6) is 0 Å². The molecule has 0 aliphatic rings. The first-order valence-corrected chi connectivity index (χ1v) is 6.89. The van der Waals surface area contributed by atoms with Gasteiger partial charge in [0.15, 0.2) is 0 Å². The van der Waals surface area contributed by atoms with Crippen LogP contribution in [0.25, 0.3) is 0 Å². The number of nitrogens with one attached hydrogen (secondary N) is 1. The highest BCUT2D eigenvalue weighted by atomic mass is 16.1. The fourth-order valence-corrected chi connectivity index (χ4v) is 2.07. The second-order valence-corrected chi connectivity index (χ2v) is 5.52. The smallest absolute Gasteiger partial charge is 0.220 e. The third kappa shape index (κ3) is 6.34. The quantitative estimate of drug-likeness (QED) is 0.791. The molecule has 1 aromatic rings. The van der Waals surface area contributed by atoms with E-state index in [4.69, 9.17) is 5.73 Å². The van der Waals surface area contributed by atoms with Crippen molar-refractivity contribution >= 4 is 5.91 Å². The average Bonchev–Trinajstić information content (AvgIpc) is 2.36. The van der Waals surface area contributed by atoms with E-state index < -0.39 is 0 Å². The zero-order valence-corrected chi connectivity index (χ0v) is 12.1. The largest absolute Gasteiger partial charge is 0.352 e. The number of carbonyl (C=O) groups is 1. The van der Waals surface area contributed by atoms with E-state index in [9.17, 15) is 4.79 Å². The summed E-state index contributed by atoms with van der Waals surface area (Å²) in [5.74, 6) is 0.912. The Kier molecular flexibility index (Phi) is 6.50. The van der Waals surface area contributed by atoms with E-state index in [-0.39, 0.29) is 11.8 Å². The summed E-state index contributed by atoms with van der Waals surface area (Å²) in [5.41, 5.74) is 7.71. The van der Waals surface area contributed by atoms with Crippen LogP contribution < -0.4 is 11.1 Å². The van der Waals surface area contributed by atoms with Gasteiger partial charge in [-0.05, 0) is 43.4 Å². The van der Waals surface area contributed by atoms with Gasteiger partial charge >= 0.3 is 0 Å². The first-order valence-electron chi connectivity index (χ1n) is 6.89. The van der Waals surface area contributed by atoms with Gasteiger partial charge in [-0.2, -0.15) is 0 Å². The van der Waals surface area contributed by atoms with Crippen LogP contribution in [0.15, 0.2) is 18.3 Å². The minimum Gasteiger partial charge on any atom is -0.352 e. The number of nitrogens with zero attached hydrogens (tertiary/aromatic N) is 1. The summed E-state index contributed by atoms with van der Waals surface area (Å²) in [6, 6.07) is 3.93. The lowest BCUT2D eigenvalue weighted by molar-refractivity contribution is -0.122. The van der Waals surface area contributed by atoms with Crippen molar-refractivity contribution in [1.29, 1.82) is 0 Å². The fraction of sp³-hybridized carbons (Fsp3) is 0.600. The van der Waals surface area contributed by atoms with Crippen molar-refractivity contribution in [1.82, 2.24) is 10.3 Å². The zero-order valence-electron chi connectivity index (χ0n) is 12.1. The predicted octanol–water partition coefficient (Wildman–Crippen LogP) is 2.02. The maximum absolute atomic E-state index is 11.8. The highest BCUT2D eigenvalue weighted by Crippen LogP contribution is 2.14. The molecule has 3 N–H and O–H groups in total. The third-order valence-corrected chi connectivity index (χ3v) is 3.07. The normalized spacial score (nSPS) is 12.5. The second kappa shape index (κ2) is 7.89. The molecule has 0 saturated heterocycles. The molecule has 1 rings (SSSR count). The standard InChI is InChI=1S/C15H25N3O/c1-11(2)6-14(8-16)7-15(19)18-10-13-5-4-12(3)17-9-13/h4-5,9,11,14H,6-8,10,16H2,1-3H3,(H,18,19)/t14-/m0/s1. The molecule has 19 heavy (non-hydrogen) atoms. The summed E-state index contributed by atoms with van der Waals surface area (Å²) < 4.78 is 0. The average molecular weight is 263 g/mol. The van der Waals surface area contributed by atoms with Gasteiger partial charge in [-0.15, -0.1) is 0 Å². The first-order chi connectivity index (χ1) is 9.01. The highest BCUT2D eigenvalue weighted by Gasteiger charge is 2.13. The number of hydrogen-bond donors (Lipinski definition) is 2. The zero-order chi connectivity index (χ0) is 14.3. The number of hydrogen-bond acceptors (Lipinski definition) is 3. The molecule has 1 amide bonds. The van der Waals surface area contributed by atoms with Gasteiger partial charge < -0.3 is 11.1 Å². The van der Waals surface area contributed by atoms with Gasteiger partial charge in [-0.3, -0.25) is 9.78 Å². The van der Waals surface area contributed by atoms with E-state index in [1.807, 2.05) is 19.1 Å². The second-order valence-electron chi connectivity index (χ2n) is 5.52. The Morgan fingerprint density at radius 2 is 2.16 bits per heavy atom. The Bertz CT molecular complexity index is 387. The Labute approximate surface area is 115 Å². The van der Waals surface area contributed by atoms with Gasteiger partial charge in [0.2, 0.25) is 5.91 Å². The maximum atomic E-state index is 11.8. The molecular weight excluding hydrogens is 238 g/mol. The summed E-state index contributed by atoms with van der Waals surface area (Å²) in [7, 11) is 0. The van der Waals surface area contributed by atoms with E-state index in [2.05, 4.69) is 24.1 Å². The van der Waals surface area contributed by atoms with Crippen LogP contribution >= 0.6 is 0 Å². The van der Waals surface area contributed by atoms with Crippen molar-refractivity contribution in [3.8, 4) is 0 Å². The number of pyridine rings is 1. The van der Waals surface area contributed by atoms with Crippen LogP contribution in [-0.2, 0) is 11.3 Å². The van der Waals surface area contributed by atoms with Gasteiger partial charge in [0, 0.05) is 24.9 Å². The Morgan fingerprint density at radius 3 is 2.68 bits per heavy atom. The van der Waals surface area contributed by atoms with Crippen molar-refractivity contribution in [3.63, 3.8) is 0 Å². The first kappa shape index (κ1) is 15.6. The molecule has 0 saturated carbocycles. The van der Waals surface area contributed by atoms with Crippen molar-refractivity contribution in [2.75, 3.05) is 6.54 Å². The lowest BCUT2D eigenvalue weighted by Crippen LogP contribution is -2.28. The number of amides is 1. The van der Waals surface area contributed by atoms with Crippen molar-refractivity contribution in [2.24, 2.45) is 17.6 Å². The molecule has 4 nitrogen and oxygen atoms in total. The number of nitrogens with two attached hydrogens (primary N) is 1. The van der Waals surface area contributed by atoms with Crippen LogP contribution in [0.2, 0.25) is 0 Å². The summed E-state index contributed by atoms with van der Waals surface area (Å²) in [4.78, 5) is 16.0. The molecule has 1 heterocycles. The lowest BCUT2D eigenvalue weighted by Gasteiger charge is -2.16. The van der Waals surface area contributed by atoms with Crippen LogP contribution in [-0.4, -0.2) is 17.4 Å². The number of aryl methyl sites for hydroxylation is 1. The molecule has 106 valence electrons. The summed E-state index contributed by atoms with van der Waals surface area (Å²) in [5, 5.41) is 2.92. The Hall–Kier alpha value is -1.42. The third-order valence-electron chi connectivity index (χ3n) is 3.07. The van der Waals surface area contributed by atoms with Crippen molar-refractivity contribution in [3.05, 3.63) is 29.6 Å². The molecule has 0 fully saturated rings. The van der Waals surface area contributed by atoms with Crippen molar-refractivity contribution < 1.29 is 4.79 Å². The fourth-order valence-electron chi connectivity index (χ4n) is 2.07. The molecule has 0 aliphatic heterocycles. The van der Waals surface area contributed by atoms with Crippen LogP contribution in [0.1, 0.15) is 37.9 Å². The van der Waals surface area contributed by atoms with Gasteiger partial charge in [0.1, 0.15) is 0 Å². The lowest BCUT2D eigenvalue weighted by atomic mass is 9.94. The molecule has 0 radical (unpaired) electrons. The summed E-state index contributed by atoms with van der Waals surface area (Å²) >= 11 is 0. The molecule has 0 spiro atoms. The predicted molar refractivity (Wildman–Crippen MR) is 77.4 cm³/mol. The molecule has 0 unspecified atom stereocenters. The molecule has 4 heteroatoms. The van der Waals surface area contributed by atoms with Crippen molar-refractivity contribution in [2.45, 2.75) is 40.2 Å². The minimum absolute atomic E-state index is 0.0664. The molecule has 0 aromatic carbocycles. The van der Waals surface area contributed by atoms with E-state index in [0.717, 1.165) is 17.7 Å². The Balaban J connectivity index is 2.36. The Morgan fingerprint density at radius 1 is 1.42 bits per heavy atom. The van der Waals surface area contributed by atoms with Crippen LogP contribution in [0, 0.1) is 18.8 Å². The molecule has 0 bridgehead atoms. The molecule has 1 atom stereocenters. The monoisotopic (exact) mass is 263 g/mol.